The van der Waals surface area contributed by atoms with Gasteiger partial charge in [0, 0.05) is 44.6 Å². The van der Waals surface area contributed by atoms with E-state index in [9.17, 15) is 10.1 Å². The SMILES string of the molecule is CCN1CCN(/C=C(/C#N)C(=O)N2CCCc3ccccc32)CC1. The van der Waals surface area contributed by atoms with E-state index in [1.807, 2.05) is 18.2 Å². The summed E-state index contributed by atoms with van der Waals surface area (Å²) in [6, 6.07) is 10.1. The summed E-state index contributed by atoms with van der Waals surface area (Å²) >= 11 is 0. The van der Waals surface area contributed by atoms with Crippen LogP contribution in [0.5, 0.6) is 0 Å². The number of benzene rings is 1. The van der Waals surface area contributed by atoms with Crippen LogP contribution in [0.3, 0.4) is 0 Å². The molecule has 1 aromatic rings. The van der Waals surface area contributed by atoms with Crippen LogP contribution in [0.4, 0.5) is 5.69 Å². The molecule has 2 heterocycles. The molecular formula is C19H24N4O. The van der Waals surface area contributed by atoms with Crippen molar-refractivity contribution >= 4 is 11.6 Å². The third-order valence-electron chi connectivity index (χ3n) is 4.87. The predicted octanol–water partition coefficient (Wildman–Crippen LogP) is 2.01. The summed E-state index contributed by atoms with van der Waals surface area (Å²) in [7, 11) is 0. The second-order valence-corrected chi connectivity index (χ2v) is 6.31. The first-order valence-corrected chi connectivity index (χ1v) is 8.71. The lowest BCUT2D eigenvalue weighted by molar-refractivity contribution is -0.114. The Labute approximate surface area is 143 Å². The van der Waals surface area contributed by atoms with Gasteiger partial charge in [-0.1, -0.05) is 25.1 Å². The van der Waals surface area contributed by atoms with Gasteiger partial charge < -0.3 is 14.7 Å². The van der Waals surface area contributed by atoms with E-state index in [4.69, 9.17) is 0 Å². The number of hydrogen-bond donors (Lipinski definition) is 0. The third kappa shape index (κ3) is 3.44. The number of amides is 1. The number of nitrogens with zero attached hydrogens (tertiary/aromatic N) is 4. The molecule has 1 fully saturated rings. The van der Waals surface area contributed by atoms with E-state index < -0.39 is 0 Å². The number of rotatable bonds is 3. The summed E-state index contributed by atoms with van der Waals surface area (Å²) in [6.07, 6.45) is 3.69. The number of nitriles is 1. The number of carbonyl (C=O) groups is 1. The van der Waals surface area contributed by atoms with Gasteiger partial charge in [-0.15, -0.1) is 0 Å². The van der Waals surface area contributed by atoms with E-state index in [0.29, 0.717) is 6.54 Å². The molecule has 0 saturated carbocycles. The van der Waals surface area contributed by atoms with Gasteiger partial charge in [0.2, 0.25) is 0 Å². The molecule has 0 radical (unpaired) electrons. The van der Waals surface area contributed by atoms with Gasteiger partial charge in [0.05, 0.1) is 0 Å². The minimum Gasteiger partial charge on any atom is -0.374 e. The topological polar surface area (TPSA) is 50.6 Å². The fourth-order valence-electron chi connectivity index (χ4n) is 3.41. The maximum Gasteiger partial charge on any atom is 0.270 e. The minimum atomic E-state index is -0.178. The van der Waals surface area contributed by atoms with Crippen molar-refractivity contribution in [2.45, 2.75) is 19.8 Å². The van der Waals surface area contributed by atoms with Crippen molar-refractivity contribution in [1.82, 2.24) is 9.80 Å². The molecule has 0 unspecified atom stereocenters. The summed E-state index contributed by atoms with van der Waals surface area (Å²) in [5.74, 6) is -0.178. The largest absolute Gasteiger partial charge is 0.374 e. The Kier molecular flexibility index (Phi) is 5.17. The Hall–Kier alpha value is -2.32. The first kappa shape index (κ1) is 16.5. The number of carbonyl (C=O) groups excluding carboxylic acids is 1. The Morgan fingerprint density at radius 2 is 1.96 bits per heavy atom. The molecule has 126 valence electrons. The van der Waals surface area contributed by atoms with E-state index in [1.165, 1.54) is 5.56 Å². The van der Waals surface area contributed by atoms with Gasteiger partial charge in [0.15, 0.2) is 0 Å². The average Bonchev–Trinajstić information content (AvgIpc) is 2.65. The van der Waals surface area contributed by atoms with Crippen LogP contribution in [0, 0.1) is 11.3 Å². The summed E-state index contributed by atoms with van der Waals surface area (Å²) in [6.45, 7) is 7.57. The van der Waals surface area contributed by atoms with Crippen molar-refractivity contribution in [1.29, 1.82) is 5.26 Å². The van der Waals surface area contributed by atoms with Gasteiger partial charge in [-0.05, 0) is 31.0 Å². The number of para-hydroxylation sites is 1. The number of aryl methyl sites for hydroxylation is 1. The van der Waals surface area contributed by atoms with Crippen LogP contribution in [-0.4, -0.2) is 55.0 Å². The maximum atomic E-state index is 12.9. The van der Waals surface area contributed by atoms with E-state index in [1.54, 1.807) is 11.1 Å². The van der Waals surface area contributed by atoms with Crippen LogP contribution < -0.4 is 4.90 Å². The van der Waals surface area contributed by atoms with Crippen molar-refractivity contribution in [3.8, 4) is 6.07 Å². The van der Waals surface area contributed by atoms with E-state index in [0.717, 1.165) is 51.3 Å². The first-order chi connectivity index (χ1) is 11.7. The highest BCUT2D eigenvalue weighted by molar-refractivity contribution is 6.08. The second kappa shape index (κ2) is 7.50. The molecule has 5 heteroatoms. The zero-order chi connectivity index (χ0) is 16.9. The fourth-order valence-corrected chi connectivity index (χ4v) is 3.41. The quantitative estimate of drug-likeness (QED) is 0.630. The molecule has 1 aromatic carbocycles. The highest BCUT2D eigenvalue weighted by Gasteiger charge is 2.25. The molecule has 1 saturated heterocycles. The van der Waals surface area contributed by atoms with Crippen LogP contribution in [-0.2, 0) is 11.2 Å². The van der Waals surface area contributed by atoms with Gasteiger partial charge in [-0.25, -0.2) is 0 Å². The summed E-state index contributed by atoms with van der Waals surface area (Å²) < 4.78 is 0. The molecule has 0 aliphatic carbocycles. The normalized spacial score (nSPS) is 18.9. The number of likely N-dealkylation sites (N-methyl/N-ethyl adjacent to an activating group) is 1. The number of fused-ring (bicyclic) bond motifs is 1. The van der Waals surface area contributed by atoms with Crippen LogP contribution in [0.25, 0.3) is 0 Å². The van der Waals surface area contributed by atoms with Gasteiger partial charge in [0.1, 0.15) is 11.6 Å². The molecule has 1 amide bonds. The monoisotopic (exact) mass is 324 g/mol. The Morgan fingerprint density at radius 1 is 1.21 bits per heavy atom. The molecule has 0 atom stereocenters. The highest BCUT2D eigenvalue weighted by Crippen LogP contribution is 2.27. The lowest BCUT2D eigenvalue weighted by atomic mass is 10.0. The van der Waals surface area contributed by atoms with Crippen molar-refractivity contribution in [3.05, 3.63) is 41.6 Å². The number of anilines is 1. The Bertz CT molecular complexity index is 668. The van der Waals surface area contributed by atoms with Crippen LogP contribution >= 0.6 is 0 Å². The molecule has 3 rings (SSSR count). The van der Waals surface area contributed by atoms with Crippen LogP contribution in [0.2, 0.25) is 0 Å². The van der Waals surface area contributed by atoms with Crippen molar-refractivity contribution in [2.24, 2.45) is 0 Å². The van der Waals surface area contributed by atoms with Crippen molar-refractivity contribution < 1.29 is 4.79 Å². The summed E-state index contributed by atoms with van der Waals surface area (Å²) in [5.41, 5.74) is 2.37. The standard InChI is InChI=1S/C19H24N4O/c1-2-21-10-12-22(13-11-21)15-17(14-20)19(24)23-9-5-7-16-6-3-4-8-18(16)23/h3-4,6,8,15H,2,5,7,9-13H2,1H3/b17-15-. The van der Waals surface area contributed by atoms with E-state index in [-0.39, 0.29) is 11.5 Å². The smallest absolute Gasteiger partial charge is 0.270 e. The molecule has 0 aromatic heterocycles. The molecule has 24 heavy (non-hydrogen) atoms. The Morgan fingerprint density at radius 3 is 2.67 bits per heavy atom. The van der Waals surface area contributed by atoms with Crippen molar-refractivity contribution in [3.63, 3.8) is 0 Å². The van der Waals surface area contributed by atoms with Crippen LogP contribution in [0.15, 0.2) is 36.0 Å². The maximum absolute atomic E-state index is 12.9. The summed E-state index contributed by atoms with van der Waals surface area (Å²) in [4.78, 5) is 19.1. The fraction of sp³-hybridized carbons (Fsp3) is 0.474. The van der Waals surface area contributed by atoms with Gasteiger partial charge >= 0.3 is 0 Å². The van der Waals surface area contributed by atoms with Crippen LogP contribution in [0.1, 0.15) is 18.9 Å². The zero-order valence-corrected chi connectivity index (χ0v) is 14.2. The lowest BCUT2D eigenvalue weighted by Gasteiger charge is -2.34. The minimum absolute atomic E-state index is 0.178. The number of piperazine rings is 1. The second-order valence-electron chi connectivity index (χ2n) is 6.31. The molecular weight excluding hydrogens is 300 g/mol. The molecule has 2 aliphatic rings. The third-order valence-corrected chi connectivity index (χ3v) is 4.87. The zero-order valence-electron chi connectivity index (χ0n) is 14.2. The first-order valence-electron chi connectivity index (χ1n) is 8.71. The number of hydrogen-bond acceptors (Lipinski definition) is 4. The predicted molar refractivity (Wildman–Crippen MR) is 94.5 cm³/mol. The van der Waals surface area contributed by atoms with Gasteiger partial charge in [-0.2, -0.15) is 5.26 Å². The highest BCUT2D eigenvalue weighted by atomic mass is 16.2. The van der Waals surface area contributed by atoms with Gasteiger partial charge in [-0.3, -0.25) is 4.79 Å². The van der Waals surface area contributed by atoms with Gasteiger partial charge in [0.25, 0.3) is 5.91 Å². The van der Waals surface area contributed by atoms with E-state index in [2.05, 4.69) is 28.9 Å². The molecule has 0 bridgehead atoms. The lowest BCUT2D eigenvalue weighted by Crippen LogP contribution is -2.44. The molecule has 5 nitrogen and oxygen atoms in total. The Balaban J connectivity index is 1.76. The molecule has 2 aliphatic heterocycles. The average molecular weight is 324 g/mol. The van der Waals surface area contributed by atoms with Crippen molar-refractivity contribution in [2.75, 3.05) is 44.2 Å². The van der Waals surface area contributed by atoms with E-state index >= 15 is 0 Å². The molecule has 0 N–H and O–H groups in total. The summed E-state index contributed by atoms with van der Waals surface area (Å²) in [5, 5.41) is 9.50. The molecule has 0 spiro atoms.